The Bertz CT molecular complexity index is 363. The Balaban J connectivity index is 1.98. The van der Waals surface area contributed by atoms with Crippen LogP contribution in [0.15, 0.2) is 18.3 Å². The standard InChI is InChI=1S/C15H23FN2/c1-3-14(15-8-7-12(16)10-17-15)18-13-6-4-5-11(2)9-13/h7-8,10-11,13-14,18H,3-6,9H2,1-2H3. The molecule has 1 N–H and O–H groups in total. The maximum Gasteiger partial charge on any atom is 0.141 e. The zero-order valence-electron chi connectivity index (χ0n) is 11.3. The molecule has 0 spiro atoms. The van der Waals surface area contributed by atoms with Crippen LogP contribution in [0.1, 0.15) is 57.7 Å². The average molecular weight is 250 g/mol. The van der Waals surface area contributed by atoms with Gasteiger partial charge in [0.1, 0.15) is 5.82 Å². The molecule has 0 aliphatic heterocycles. The van der Waals surface area contributed by atoms with Crippen molar-refractivity contribution in [3.8, 4) is 0 Å². The highest BCUT2D eigenvalue weighted by Crippen LogP contribution is 2.26. The highest BCUT2D eigenvalue weighted by atomic mass is 19.1. The third-order valence-electron chi connectivity index (χ3n) is 3.89. The van der Waals surface area contributed by atoms with Crippen molar-refractivity contribution < 1.29 is 4.39 Å². The lowest BCUT2D eigenvalue weighted by molar-refractivity contribution is 0.276. The third-order valence-corrected chi connectivity index (χ3v) is 3.89. The van der Waals surface area contributed by atoms with Gasteiger partial charge in [0.15, 0.2) is 0 Å². The lowest BCUT2D eigenvalue weighted by atomic mass is 9.86. The monoisotopic (exact) mass is 250 g/mol. The van der Waals surface area contributed by atoms with Crippen LogP contribution in [-0.4, -0.2) is 11.0 Å². The van der Waals surface area contributed by atoms with E-state index in [4.69, 9.17) is 0 Å². The van der Waals surface area contributed by atoms with E-state index in [0.717, 1.165) is 18.0 Å². The number of halogens is 1. The van der Waals surface area contributed by atoms with Crippen LogP contribution in [-0.2, 0) is 0 Å². The van der Waals surface area contributed by atoms with Crippen LogP contribution < -0.4 is 5.32 Å². The smallest absolute Gasteiger partial charge is 0.141 e. The molecule has 0 saturated heterocycles. The van der Waals surface area contributed by atoms with Crippen molar-refractivity contribution in [2.24, 2.45) is 5.92 Å². The highest BCUT2D eigenvalue weighted by Gasteiger charge is 2.22. The van der Waals surface area contributed by atoms with Gasteiger partial charge in [0.25, 0.3) is 0 Å². The molecule has 1 saturated carbocycles. The van der Waals surface area contributed by atoms with E-state index < -0.39 is 0 Å². The summed E-state index contributed by atoms with van der Waals surface area (Å²) in [7, 11) is 0. The van der Waals surface area contributed by atoms with E-state index in [1.54, 1.807) is 6.07 Å². The lowest BCUT2D eigenvalue weighted by Gasteiger charge is -2.31. The second-order valence-electron chi connectivity index (χ2n) is 5.50. The summed E-state index contributed by atoms with van der Waals surface area (Å²) in [6.07, 6.45) is 7.46. The van der Waals surface area contributed by atoms with Gasteiger partial charge in [0.2, 0.25) is 0 Å². The Kier molecular flexibility index (Phi) is 4.70. The molecule has 1 aliphatic carbocycles. The van der Waals surface area contributed by atoms with Crippen LogP contribution in [0, 0.1) is 11.7 Å². The van der Waals surface area contributed by atoms with Crippen molar-refractivity contribution in [2.45, 2.75) is 58.0 Å². The summed E-state index contributed by atoms with van der Waals surface area (Å²) in [5.41, 5.74) is 0.956. The van der Waals surface area contributed by atoms with E-state index in [1.807, 2.05) is 0 Å². The Morgan fingerprint density at radius 2 is 2.28 bits per heavy atom. The van der Waals surface area contributed by atoms with E-state index in [-0.39, 0.29) is 11.9 Å². The summed E-state index contributed by atoms with van der Waals surface area (Å²) in [4.78, 5) is 4.20. The molecule has 3 atom stereocenters. The van der Waals surface area contributed by atoms with Gasteiger partial charge in [-0.05, 0) is 37.3 Å². The first-order valence-corrected chi connectivity index (χ1v) is 7.06. The van der Waals surface area contributed by atoms with Crippen molar-refractivity contribution in [2.75, 3.05) is 0 Å². The SMILES string of the molecule is CCC(NC1CCCC(C)C1)c1ccc(F)cn1. The topological polar surface area (TPSA) is 24.9 Å². The third kappa shape index (κ3) is 3.52. The van der Waals surface area contributed by atoms with Gasteiger partial charge < -0.3 is 5.32 Å². The summed E-state index contributed by atoms with van der Waals surface area (Å²) in [6.45, 7) is 4.47. The molecule has 1 heterocycles. The predicted octanol–water partition coefficient (Wildman–Crippen LogP) is 3.84. The molecule has 1 aromatic rings. The number of hydrogen-bond donors (Lipinski definition) is 1. The van der Waals surface area contributed by atoms with Crippen LogP contribution >= 0.6 is 0 Å². The highest BCUT2D eigenvalue weighted by molar-refractivity contribution is 5.10. The van der Waals surface area contributed by atoms with Crippen molar-refractivity contribution in [1.82, 2.24) is 10.3 Å². The number of rotatable bonds is 4. The van der Waals surface area contributed by atoms with Crippen molar-refractivity contribution in [3.63, 3.8) is 0 Å². The second kappa shape index (κ2) is 6.28. The minimum atomic E-state index is -0.264. The molecule has 0 aromatic carbocycles. The fraction of sp³-hybridized carbons (Fsp3) is 0.667. The number of nitrogens with one attached hydrogen (secondary N) is 1. The van der Waals surface area contributed by atoms with E-state index in [9.17, 15) is 4.39 Å². The quantitative estimate of drug-likeness (QED) is 0.878. The predicted molar refractivity (Wildman–Crippen MR) is 71.8 cm³/mol. The molecular weight excluding hydrogens is 227 g/mol. The Morgan fingerprint density at radius 1 is 1.44 bits per heavy atom. The second-order valence-corrected chi connectivity index (χ2v) is 5.50. The van der Waals surface area contributed by atoms with Gasteiger partial charge in [-0.1, -0.05) is 26.7 Å². The number of aromatic nitrogens is 1. The molecule has 3 heteroatoms. The van der Waals surface area contributed by atoms with Gasteiger partial charge in [-0.3, -0.25) is 4.98 Å². The molecule has 0 radical (unpaired) electrons. The van der Waals surface area contributed by atoms with Gasteiger partial charge in [0, 0.05) is 12.1 Å². The lowest BCUT2D eigenvalue weighted by Crippen LogP contribution is -2.36. The summed E-state index contributed by atoms with van der Waals surface area (Å²) >= 11 is 0. The maximum atomic E-state index is 12.9. The Labute approximate surface area is 109 Å². The maximum absolute atomic E-state index is 12.9. The number of nitrogens with zero attached hydrogens (tertiary/aromatic N) is 1. The van der Waals surface area contributed by atoms with Crippen molar-refractivity contribution in [1.29, 1.82) is 0 Å². The summed E-state index contributed by atoms with van der Waals surface area (Å²) < 4.78 is 12.9. The molecule has 1 fully saturated rings. The van der Waals surface area contributed by atoms with Crippen LogP contribution in [0.2, 0.25) is 0 Å². The van der Waals surface area contributed by atoms with Crippen LogP contribution in [0.25, 0.3) is 0 Å². The largest absolute Gasteiger partial charge is 0.306 e. The van der Waals surface area contributed by atoms with Crippen LogP contribution in [0.5, 0.6) is 0 Å². The first-order valence-electron chi connectivity index (χ1n) is 7.06. The van der Waals surface area contributed by atoms with Gasteiger partial charge >= 0.3 is 0 Å². The van der Waals surface area contributed by atoms with E-state index in [0.29, 0.717) is 6.04 Å². The normalized spacial score (nSPS) is 25.9. The molecule has 0 amide bonds. The molecule has 2 nitrogen and oxygen atoms in total. The zero-order chi connectivity index (χ0) is 13.0. The van der Waals surface area contributed by atoms with Gasteiger partial charge in [-0.2, -0.15) is 0 Å². The van der Waals surface area contributed by atoms with Gasteiger partial charge in [0.05, 0.1) is 11.9 Å². The Morgan fingerprint density at radius 3 is 2.89 bits per heavy atom. The van der Waals surface area contributed by atoms with Crippen molar-refractivity contribution >= 4 is 0 Å². The van der Waals surface area contributed by atoms with Gasteiger partial charge in [-0.15, -0.1) is 0 Å². The summed E-state index contributed by atoms with van der Waals surface area (Å²) in [5.74, 6) is 0.551. The molecule has 2 rings (SSSR count). The van der Waals surface area contributed by atoms with Crippen LogP contribution in [0.3, 0.4) is 0 Å². The minimum absolute atomic E-state index is 0.251. The molecule has 0 bridgehead atoms. The number of pyridine rings is 1. The van der Waals surface area contributed by atoms with Crippen LogP contribution in [0.4, 0.5) is 4.39 Å². The van der Waals surface area contributed by atoms with E-state index in [2.05, 4.69) is 24.1 Å². The molecular formula is C15H23FN2. The molecule has 1 aliphatic rings. The van der Waals surface area contributed by atoms with Gasteiger partial charge in [-0.25, -0.2) is 4.39 Å². The summed E-state index contributed by atoms with van der Waals surface area (Å²) in [6, 6.07) is 4.13. The average Bonchev–Trinajstić information content (AvgIpc) is 2.37. The first kappa shape index (κ1) is 13.5. The van der Waals surface area contributed by atoms with E-state index in [1.165, 1.54) is 37.9 Å². The molecule has 100 valence electrons. The summed E-state index contributed by atoms with van der Waals surface area (Å²) in [5, 5.41) is 3.69. The first-order chi connectivity index (χ1) is 8.69. The zero-order valence-corrected chi connectivity index (χ0v) is 11.3. The minimum Gasteiger partial charge on any atom is -0.306 e. The fourth-order valence-corrected chi connectivity index (χ4v) is 2.88. The molecule has 18 heavy (non-hydrogen) atoms. The molecule has 3 unspecified atom stereocenters. The molecule has 1 aromatic heterocycles. The number of hydrogen-bond acceptors (Lipinski definition) is 2. The fourth-order valence-electron chi connectivity index (χ4n) is 2.88. The Hall–Kier alpha value is -0.960. The van der Waals surface area contributed by atoms with E-state index >= 15 is 0 Å². The van der Waals surface area contributed by atoms with Crippen molar-refractivity contribution in [3.05, 3.63) is 29.8 Å².